The number of amides is 1. The van der Waals surface area contributed by atoms with Crippen LogP contribution < -0.4 is 10.6 Å². The summed E-state index contributed by atoms with van der Waals surface area (Å²) in [5, 5.41) is 6.32. The molecular weight excluding hydrogens is 387 g/mol. The number of nitrogens with one attached hydrogen (secondary N) is 2. The fourth-order valence-electron chi connectivity index (χ4n) is 1.21. The highest BCUT2D eigenvalue weighted by atomic mass is 127. The molecule has 0 bridgehead atoms. The molecule has 5 nitrogen and oxygen atoms in total. The molecule has 0 fully saturated rings. The van der Waals surface area contributed by atoms with Gasteiger partial charge in [-0.05, 0) is 24.9 Å². The van der Waals surface area contributed by atoms with Crippen molar-refractivity contribution in [1.29, 1.82) is 0 Å². The van der Waals surface area contributed by atoms with Crippen LogP contribution >= 0.6 is 35.7 Å². The van der Waals surface area contributed by atoms with Crippen molar-refractivity contribution >= 4 is 47.6 Å². The second-order valence-electron chi connectivity index (χ2n) is 4.25. The Labute approximate surface area is 144 Å². The van der Waals surface area contributed by atoms with E-state index >= 15 is 0 Å². The Hall–Kier alpha value is -0.440. The Morgan fingerprint density at radius 1 is 1.35 bits per heavy atom. The SMILES string of the molecule is C=CCNC(=NCC(=O)N(C)C)NCCCCSC.I. The number of likely N-dealkylation sites (N-methyl/N-ethyl adjacent to an activating group) is 1. The van der Waals surface area contributed by atoms with Gasteiger partial charge in [0, 0.05) is 27.2 Å². The van der Waals surface area contributed by atoms with Gasteiger partial charge in [0.25, 0.3) is 0 Å². The quantitative estimate of drug-likeness (QED) is 0.198. The summed E-state index contributed by atoms with van der Waals surface area (Å²) in [4.78, 5) is 17.3. The topological polar surface area (TPSA) is 56.7 Å². The summed E-state index contributed by atoms with van der Waals surface area (Å²) in [7, 11) is 3.45. The van der Waals surface area contributed by atoms with Crippen LogP contribution in [0.2, 0.25) is 0 Å². The van der Waals surface area contributed by atoms with Gasteiger partial charge in [0.15, 0.2) is 5.96 Å². The van der Waals surface area contributed by atoms with Crippen LogP contribution in [0.15, 0.2) is 17.6 Å². The molecule has 0 aliphatic rings. The number of carbonyl (C=O) groups is 1. The van der Waals surface area contributed by atoms with E-state index in [2.05, 4.69) is 28.5 Å². The summed E-state index contributed by atoms with van der Waals surface area (Å²) in [5.41, 5.74) is 0. The smallest absolute Gasteiger partial charge is 0.243 e. The summed E-state index contributed by atoms with van der Waals surface area (Å²) < 4.78 is 0. The van der Waals surface area contributed by atoms with Crippen LogP contribution in [0.4, 0.5) is 0 Å². The van der Waals surface area contributed by atoms with Gasteiger partial charge in [0.2, 0.25) is 5.91 Å². The van der Waals surface area contributed by atoms with Gasteiger partial charge in [-0.1, -0.05) is 6.08 Å². The van der Waals surface area contributed by atoms with Crippen LogP contribution in [-0.2, 0) is 4.79 Å². The van der Waals surface area contributed by atoms with E-state index < -0.39 is 0 Å². The molecule has 20 heavy (non-hydrogen) atoms. The number of halogens is 1. The van der Waals surface area contributed by atoms with Gasteiger partial charge in [-0.15, -0.1) is 30.6 Å². The van der Waals surface area contributed by atoms with Crippen molar-refractivity contribution in [2.24, 2.45) is 4.99 Å². The second-order valence-corrected chi connectivity index (χ2v) is 5.23. The summed E-state index contributed by atoms with van der Waals surface area (Å²) in [6.45, 7) is 5.30. The fraction of sp³-hybridized carbons (Fsp3) is 0.692. The Morgan fingerprint density at radius 2 is 2.05 bits per heavy atom. The molecule has 0 spiro atoms. The molecule has 1 amide bonds. The third-order valence-corrected chi connectivity index (χ3v) is 3.05. The number of guanidine groups is 1. The molecule has 0 saturated heterocycles. The molecule has 0 unspecified atom stereocenters. The fourth-order valence-corrected chi connectivity index (χ4v) is 1.70. The number of hydrogen-bond acceptors (Lipinski definition) is 3. The zero-order valence-electron chi connectivity index (χ0n) is 12.6. The third-order valence-electron chi connectivity index (χ3n) is 2.35. The van der Waals surface area contributed by atoms with E-state index in [1.54, 1.807) is 20.2 Å². The summed E-state index contributed by atoms with van der Waals surface area (Å²) in [6, 6.07) is 0. The van der Waals surface area contributed by atoms with Crippen molar-refractivity contribution in [2.45, 2.75) is 12.8 Å². The van der Waals surface area contributed by atoms with Crippen LogP contribution in [0.25, 0.3) is 0 Å². The lowest BCUT2D eigenvalue weighted by molar-refractivity contribution is -0.127. The number of nitrogens with zero attached hydrogens (tertiary/aromatic N) is 2. The molecule has 0 atom stereocenters. The van der Waals surface area contributed by atoms with Gasteiger partial charge in [0.1, 0.15) is 6.54 Å². The van der Waals surface area contributed by atoms with E-state index in [9.17, 15) is 4.79 Å². The van der Waals surface area contributed by atoms with Crippen LogP contribution in [0.5, 0.6) is 0 Å². The number of unbranched alkanes of at least 4 members (excludes halogenated alkanes) is 1. The second kappa shape index (κ2) is 15.0. The molecule has 0 aromatic heterocycles. The standard InChI is InChI=1S/C13H26N4OS.HI/c1-5-8-14-13(15-9-6-7-10-19-4)16-11-12(18)17(2)3;/h5H,1,6-11H2,2-4H3,(H2,14,15,16);1H. The van der Waals surface area contributed by atoms with E-state index in [0.29, 0.717) is 12.5 Å². The molecule has 0 aliphatic heterocycles. The Kier molecular flexibility index (Phi) is 16.3. The highest BCUT2D eigenvalue weighted by Crippen LogP contribution is 1.97. The zero-order valence-corrected chi connectivity index (χ0v) is 15.8. The first-order valence-corrected chi connectivity index (χ1v) is 7.83. The van der Waals surface area contributed by atoms with E-state index in [1.165, 1.54) is 17.1 Å². The van der Waals surface area contributed by atoms with Crippen molar-refractivity contribution in [3.63, 3.8) is 0 Å². The Balaban J connectivity index is 0. The largest absolute Gasteiger partial charge is 0.356 e. The average molecular weight is 414 g/mol. The highest BCUT2D eigenvalue weighted by Gasteiger charge is 2.03. The number of aliphatic imine (C=N–C) groups is 1. The lowest BCUT2D eigenvalue weighted by Crippen LogP contribution is -2.39. The lowest BCUT2D eigenvalue weighted by atomic mass is 10.3. The molecule has 2 N–H and O–H groups in total. The van der Waals surface area contributed by atoms with Crippen molar-refractivity contribution < 1.29 is 4.79 Å². The minimum atomic E-state index is -0.0120. The minimum Gasteiger partial charge on any atom is -0.356 e. The molecule has 0 heterocycles. The monoisotopic (exact) mass is 414 g/mol. The maximum Gasteiger partial charge on any atom is 0.243 e. The van der Waals surface area contributed by atoms with Gasteiger partial charge >= 0.3 is 0 Å². The molecule has 0 radical (unpaired) electrons. The Morgan fingerprint density at radius 3 is 2.60 bits per heavy atom. The van der Waals surface area contributed by atoms with Crippen molar-refractivity contribution in [2.75, 3.05) is 45.7 Å². The summed E-state index contributed by atoms with van der Waals surface area (Å²) in [6.07, 6.45) is 6.15. The maximum absolute atomic E-state index is 11.5. The molecule has 0 aromatic carbocycles. The lowest BCUT2D eigenvalue weighted by Gasteiger charge is -2.12. The highest BCUT2D eigenvalue weighted by molar-refractivity contribution is 14.0. The van der Waals surface area contributed by atoms with Gasteiger partial charge in [-0.25, -0.2) is 4.99 Å². The first-order valence-electron chi connectivity index (χ1n) is 6.44. The van der Waals surface area contributed by atoms with Gasteiger partial charge in [-0.2, -0.15) is 11.8 Å². The number of carbonyl (C=O) groups excluding carboxylic acids is 1. The first-order chi connectivity index (χ1) is 9.11. The van der Waals surface area contributed by atoms with Crippen LogP contribution in [0.1, 0.15) is 12.8 Å². The molecule has 118 valence electrons. The average Bonchev–Trinajstić information content (AvgIpc) is 2.40. The van der Waals surface area contributed by atoms with Crippen LogP contribution in [-0.4, -0.2) is 62.5 Å². The molecule has 0 aliphatic carbocycles. The molecular formula is C13H27IN4OS. The van der Waals surface area contributed by atoms with Crippen molar-refractivity contribution in [3.8, 4) is 0 Å². The van der Waals surface area contributed by atoms with Crippen molar-refractivity contribution in [3.05, 3.63) is 12.7 Å². The molecule has 7 heteroatoms. The van der Waals surface area contributed by atoms with Crippen LogP contribution in [0.3, 0.4) is 0 Å². The van der Waals surface area contributed by atoms with Crippen molar-refractivity contribution in [1.82, 2.24) is 15.5 Å². The number of rotatable bonds is 9. The van der Waals surface area contributed by atoms with E-state index in [4.69, 9.17) is 0 Å². The number of thioether (sulfide) groups is 1. The van der Waals surface area contributed by atoms with E-state index in [1.807, 2.05) is 11.8 Å². The van der Waals surface area contributed by atoms with E-state index in [-0.39, 0.29) is 36.4 Å². The molecule has 0 saturated carbocycles. The Bertz CT molecular complexity index is 298. The zero-order chi connectivity index (χ0) is 14.5. The predicted molar refractivity (Wildman–Crippen MR) is 100 cm³/mol. The van der Waals surface area contributed by atoms with E-state index in [0.717, 1.165) is 13.0 Å². The molecule has 0 aromatic rings. The van der Waals surface area contributed by atoms with Gasteiger partial charge < -0.3 is 15.5 Å². The third kappa shape index (κ3) is 12.6. The minimum absolute atomic E-state index is 0. The predicted octanol–water partition coefficient (Wildman–Crippen LogP) is 1.56. The van der Waals surface area contributed by atoms with Gasteiger partial charge in [-0.3, -0.25) is 4.79 Å². The van der Waals surface area contributed by atoms with Crippen LogP contribution in [0, 0.1) is 0 Å². The number of hydrogen-bond donors (Lipinski definition) is 2. The normalized spacial score (nSPS) is 10.4. The summed E-state index contributed by atoms with van der Waals surface area (Å²) >= 11 is 1.85. The summed E-state index contributed by atoms with van der Waals surface area (Å²) in [5.74, 6) is 1.83. The van der Waals surface area contributed by atoms with Gasteiger partial charge in [0.05, 0.1) is 0 Å². The molecule has 0 rings (SSSR count). The maximum atomic E-state index is 11.5. The first kappa shape index (κ1) is 21.9.